The van der Waals surface area contributed by atoms with Crippen molar-refractivity contribution in [3.8, 4) is 0 Å². The first kappa shape index (κ1) is 17.8. The molecule has 2 aromatic carbocycles. The molecule has 1 N–H and O–H groups in total. The zero-order chi connectivity index (χ0) is 18.0. The van der Waals surface area contributed by atoms with Crippen molar-refractivity contribution in [2.45, 2.75) is 5.75 Å². The van der Waals surface area contributed by atoms with Crippen LogP contribution in [0.5, 0.6) is 0 Å². The number of azo groups is 1. The molecule has 26 heavy (non-hydrogen) atoms. The first-order valence-electron chi connectivity index (χ1n) is 8.14. The van der Waals surface area contributed by atoms with E-state index < -0.39 is 0 Å². The molecule has 0 saturated heterocycles. The van der Waals surface area contributed by atoms with Crippen molar-refractivity contribution in [2.24, 2.45) is 10.2 Å². The van der Waals surface area contributed by atoms with Crippen LogP contribution in [0.3, 0.4) is 0 Å². The molecule has 3 rings (SSSR count). The van der Waals surface area contributed by atoms with Gasteiger partial charge in [0.05, 0.1) is 22.8 Å². The Morgan fingerprint density at radius 1 is 0.885 bits per heavy atom. The SMILES string of the molecule is O=C(CSCc1ccccn1)Nc1ccc(N=Nc2ccccc2)cc1. The Morgan fingerprint density at radius 3 is 2.27 bits per heavy atom. The molecule has 1 aromatic heterocycles. The fourth-order valence-corrected chi connectivity index (χ4v) is 2.89. The molecule has 1 heterocycles. The van der Waals surface area contributed by atoms with Crippen molar-refractivity contribution in [2.75, 3.05) is 11.1 Å². The van der Waals surface area contributed by atoms with Crippen LogP contribution in [-0.2, 0) is 10.5 Å². The van der Waals surface area contributed by atoms with Gasteiger partial charge in [-0.1, -0.05) is 24.3 Å². The van der Waals surface area contributed by atoms with E-state index in [1.807, 2.05) is 72.8 Å². The van der Waals surface area contributed by atoms with Gasteiger partial charge in [-0.25, -0.2) is 0 Å². The standard InChI is InChI=1S/C20H18N4OS/c25-20(15-26-14-19-8-4-5-13-21-19)22-16-9-11-18(12-10-16)24-23-17-6-2-1-3-7-17/h1-13H,14-15H2,(H,22,25). The summed E-state index contributed by atoms with van der Waals surface area (Å²) in [4.78, 5) is 16.2. The van der Waals surface area contributed by atoms with Crippen LogP contribution in [0.4, 0.5) is 17.1 Å². The number of pyridine rings is 1. The summed E-state index contributed by atoms with van der Waals surface area (Å²) in [6.07, 6.45) is 1.76. The Kier molecular flexibility index (Phi) is 6.50. The van der Waals surface area contributed by atoms with Gasteiger partial charge in [-0.3, -0.25) is 9.78 Å². The highest BCUT2D eigenvalue weighted by molar-refractivity contribution is 7.99. The number of hydrogen-bond donors (Lipinski definition) is 1. The number of rotatable bonds is 7. The first-order chi connectivity index (χ1) is 12.8. The highest BCUT2D eigenvalue weighted by Crippen LogP contribution is 2.20. The summed E-state index contributed by atoms with van der Waals surface area (Å²) < 4.78 is 0. The van der Waals surface area contributed by atoms with Crippen molar-refractivity contribution in [1.82, 2.24) is 4.98 Å². The molecule has 0 fully saturated rings. The lowest BCUT2D eigenvalue weighted by Crippen LogP contribution is -2.14. The Hall–Kier alpha value is -2.99. The van der Waals surface area contributed by atoms with Gasteiger partial charge in [-0.15, -0.1) is 11.8 Å². The van der Waals surface area contributed by atoms with E-state index in [9.17, 15) is 4.79 Å². The Labute approximate surface area is 156 Å². The summed E-state index contributed by atoms with van der Waals surface area (Å²) in [5, 5.41) is 11.2. The van der Waals surface area contributed by atoms with Gasteiger partial charge in [0, 0.05) is 17.6 Å². The molecule has 0 radical (unpaired) electrons. The summed E-state index contributed by atoms with van der Waals surface area (Å²) in [7, 11) is 0. The number of aromatic nitrogens is 1. The predicted molar refractivity (Wildman–Crippen MR) is 106 cm³/mol. The maximum Gasteiger partial charge on any atom is 0.234 e. The van der Waals surface area contributed by atoms with E-state index in [-0.39, 0.29) is 5.91 Å². The molecule has 3 aromatic rings. The zero-order valence-electron chi connectivity index (χ0n) is 14.1. The van der Waals surface area contributed by atoms with Crippen molar-refractivity contribution in [3.63, 3.8) is 0 Å². The second kappa shape index (κ2) is 9.48. The van der Waals surface area contributed by atoms with Gasteiger partial charge in [-0.05, 0) is 48.5 Å². The summed E-state index contributed by atoms with van der Waals surface area (Å²) in [6.45, 7) is 0. The summed E-state index contributed by atoms with van der Waals surface area (Å²) in [5.41, 5.74) is 3.25. The molecule has 0 unspecified atom stereocenters. The number of carbonyl (C=O) groups is 1. The summed E-state index contributed by atoms with van der Waals surface area (Å²) in [5.74, 6) is 1.06. The van der Waals surface area contributed by atoms with Crippen LogP contribution in [0.2, 0.25) is 0 Å². The number of anilines is 1. The first-order valence-corrected chi connectivity index (χ1v) is 9.29. The van der Waals surface area contributed by atoms with E-state index in [4.69, 9.17) is 0 Å². The van der Waals surface area contributed by atoms with E-state index in [2.05, 4.69) is 20.5 Å². The smallest absolute Gasteiger partial charge is 0.234 e. The minimum atomic E-state index is -0.0374. The highest BCUT2D eigenvalue weighted by Gasteiger charge is 2.03. The number of benzene rings is 2. The fourth-order valence-electron chi connectivity index (χ4n) is 2.15. The molecule has 0 atom stereocenters. The molecule has 0 aliphatic carbocycles. The van der Waals surface area contributed by atoms with Gasteiger partial charge in [0.2, 0.25) is 5.91 Å². The molecule has 0 aliphatic rings. The molecular formula is C20H18N4OS. The van der Waals surface area contributed by atoms with E-state index in [1.165, 1.54) is 11.8 Å². The van der Waals surface area contributed by atoms with Gasteiger partial charge in [0.15, 0.2) is 0 Å². The molecule has 0 saturated carbocycles. The van der Waals surface area contributed by atoms with Crippen molar-refractivity contribution in [1.29, 1.82) is 0 Å². The lowest BCUT2D eigenvalue weighted by atomic mass is 10.3. The highest BCUT2D eigenvalue weighted by atomic mass is 32.2. The monoisotopic (exact) mass is 362 g/mol. The van der Waals surface area contributed by atoms with Crippen LogP contribution in [0.15, 0.2) is 89.2 Å². The van der Waals surface area contributed by atoms with Crippen molar-refractivity contribution in [3.05, 3.63) is 84.7 Å². The number of carbonyl (C=O) groups excluding carboxylic acids is 1. The molecule has 130 valence electrons. The lowest BCUT2D eigenvalue weighted by molar-refractivity contribution is -0.113. The zero-order valence-corrected chi connectivity index (χ0v) is 14.9. The van der Waals surface area contributed by atoms with Crippen LogP contribution >= 0.6 is 11.8 Å². The van der Waals surface area contributed by atoms with Gasteiger partial charge in [0.1, 0.15) is 0 Å². The van der Waals surface area contributed by atoms with Crippen LogP contribution in [0, 0.1) is 0 Å². The lowest BCUT2D eigenvalue weighted by Gasteiger charge is -2.05. The fraction of sp³-hybridized carbons (Fsp3) is 0.100. The Morgan fingerprint density at radius 2 is 1.58 bits per heavy atom. The van der Waals surface area contributed by atoms with Gasteiger partial charge in [0.25, 0.3) is 0 Å². The van der Waals surface area contributed by atoms with E-state index in [0.29, 0.717) is 11.5 Å². The molecule has 0 bridgehead atoms. The number of thioether (sulfide) groups is 1. The van der Waals surface area contributed by atoms with Crippen LogP contribution in [0.25, 0.3) is 0 Å². The summed E-state index contributed by atoms with van der Waals surface area (Å²) >= 11 is 1.53. The third-order valence-electron chi connectivity index (χ3n) is 3.40. The van der Waals surface area contributed by atoms with Gasteiger partial charge in [-0.2, -0.15) is 10.2 Å². The number of nitrogens with zero attached hydrogens (tertiary/aromatic N) is 3. The van der Waals surface area contributed by atoms with Crippen LogP contribution < -0.4 is 5.32 Å². The average Bonchev–Trinajstić information content (AvgIpc) is 2.69. The molecule has 6 heteroatoms. The van der Waals surface area contributed by atoms with Gasteiger partial charge >= 0.3 is 0 Å². The second-order valence-electron chi connectivity index (χ2n) is 5.44. The Balaban J connectivity index is 1.46. The normalized spacial score (nSPS) is 10.8. The largest absolute Gasteiger partial charge is 0.325 e. The quantitative estimate of drug-likeness (QED) is 0.575. The van der Waals surface area contributed by atoms with Crippen molar-refractivity contribution >= 4 is 34.7 Å². The minimum absolute atomic E-state index is 0.0374. The second-order valence-corrected chi connectivity index (χ2v) is 6.43. The minimum Gasteiger partial charge on any atom is -0.325 e. The van der Waals surface area contributed by atoms with Crippen molar-refractivity contribution < 1.29 is 4.79 Å². The van der Waals surface area contributed by atoms with E-state index in [0.717, 1.165) is 22.8 Å². The maximum atomic E-state index is 12.0. The van der Waals surface area contributed by atoms with E-state index in [1.54, 1.807) is 6.20 Å². The molecule has 0 spiro atoms. The molecule has 1 amide bonds. The maximum absolute atomic E-state index is 12.0. The predicted octanol–water partition coefficient (Wildman–Crippen LogP) is 5.37. The molecule has 5 nitrogen and oxygen atoms in total. The molecular weight excluding hydrogens is 344 g/mol. The third-order valence-corrected chi connectivity index (χ3v) is 4.36. The number of amides is 1. The summed E-state index contributed by atoms with van der Waals surface area (Å²) in [6, 6.07) is 22.6. The molecule has 0 aliphatic heterocycles. The number of nitrogens with one attached hydrogen (secondary N) is 1. The van der Waals surface area contributed by atoms with Gasteiger partial charge < -0.3 is 5.32 Å². The topological polar surface area (TPSA) is 66.7 Å². The van der Waals surface area contributed by atoms with E-state index >= 15 is 0 Å². The van der Waals surface area contributed by atoms with Crippen LogP contribution in [0.1, 0.15) is 5.69 Å². The average molecular weight is 362 g/mol. The van der Waals surface area contributed by atoms with Crippen LogP contribution in [-0.4, -0.2) is 16.6 Å². The third kappa shape index (κ3) is 5.82. The number of hydrogen-bond acceptors (Lipinski definition) is 5. The Bertz CT molecular complexity index is 852.